The molecular weight excluding hydrogens is 334 g/mol. The zero-order valence-corrected chi connectivity index (χ0v) is 17.3. The first-order chi connectivity index (χ1) is 13.3. The van der Waals surface area contributed by atoms with Crippen LogP contribution in [0.25, 0.3) is 16.9 Å². The number of methoxy groups -OCH3 is 1. The van der Waals surface area contributed by atoms with E-state index in [0.717, 1.165) is 34.9 Å². The van der Waals surface area contributed by atoms with E-state index in [1.165, 1.54) is 19.3 Å². The normalized spacial score (nSPS) is 11.6. The minimum atomic E-state index is 0.456. The summed E-state index contributed by atoms with van der Waals surface area (Å²) < 4.78 is 7.43. The zero-order valence-electron chi connectivity index (χ0n) is 17.3. The molecule has 3 aromatic rings. The Bertz CT molecular complexity index is 808. The number of hydrogen-bond acceptors (Lipinski definition) is 3. The van der Waals surface area contributed by atoms with Gasteiger partial charge in [0.2, 0.25) is 0 Å². The molecule has 27 heavy (non-hydrogen) atoms. The highest BCUT2D eigenvalue weighted by atomic mass is 16.5. The first-order valence-corrected chi connectivity index (χ1v) is 10.1. The van der Waals surface area contributed by atoms with Crippen molar-refractivity contribution in [1.29, 1.82) is 0 Å². The zero-order chi connectivity index (χ0) is 19.6. The lowest BCUT2D eigenvalue weighted by molar-refractivity contribution is 0.415. The number of anilines is 1. The van der Waals surface area contributed by atoms with Crippen molar-refractivity contribution in [2.75, 3.05) is 12.4 Å². The highest BCUT2D eigenvalue weighted by molar-refractivity contribution is 5.77. The maximum Gasteiger partial charge on any atom is 0.139 e. The van der Waals surface area contributed by atoms with E-state index < -0.39 is 0 Å². The standard InChI is InChI=1S/C21H27N3O.C2H6/c1-4-6-9-17(5-2)22-21-20(16-11-13-18(25-3)14-12-16)23-19-10-7-8-15-24(19)21;1-2/h7-8,10-15,17,22H,4-6,9H2,1-3H3;1-2H3. The van der Waals surface area contributed by atoms with Crippen LogP contribution >= 0.6 is 0 Å². The lowest BCUT2D eigenvalue weighted by Crippen LogP contribution is -2.19. The Morgan fingerprint density at radius 2 is 1.81 bits per heavy atom. The molecule has 0 bridgehead atoms. The Hall–Kier alpha value is -2.49. The summed E-state index contributed by atoms with van der Waals surface area (Å²) in [6.45, 7) is 8.48. The third-order valence-electron chi connectivity index (χ3n) is 4.63. The number of nitrogens with zero attached hydrogens (tertiary/aromatic N) is 2. The number of benzene rings is 1. The second-order valence-corrected chi connectivity index (χ2v) is 6.36. The number of pyridine rings is 1. The average molecular weight is 368 g/mol. The molecule has 1 aromatic carbocycles. The van der Waals surface area contributed by atoms with Crippen molar-refractivity contribution in [3.05, 3.63) is 48.7 Å². The van der Waals surface area contributed by atoms with Crippen molar-refractivity contribution < 1.29 is 4.74 Å². The topological polar surface area (TPSA) is 38.6 Å². The van der Waals surface area contributed by atoms with Crippen molar-refractivity contribution in [1.82, 2.24) is 9.38 Å². The molecule has 0 amide bonds. The first kappa shape index (κ1) is 20.8. The van der Waals surface area contributed by atoms with Gasteiger partial charge in [-0.3, -0.25) is 4.40 Å². The van der Waals surface area contributed by atoms with Crippen LogP contribution in [0.3, 0.4) is 0 Å². The van der Waals surface area contributed by atoms with Gasteiger partial charge in [-0.05, 0) is 49.2 Å². The smallest absolute Gasteiger partial charge is 0.139 e. The first-order valence-electron chi connectivity index (χ1n) is 10.1. The molecular formula is C23H33N3O. The van der Waals surface area contributed by atoms with Gasteiger partial charge in [0, 0.05) is 17.8 Å². The molecule has 4 nitrogen and oxygen atoms in total. The lowest BCUT2D eigenvalue weighted by Gasteiger charge is -2.19. The molecule has 0 radical (unpaired) electrons. The Balaban J connectivity index is 0.00000126. The number of aromatic nitrogens is 2. The van der Waals surface area contributed by atoms with Gasteiger partial charge < -0.3 is 10.1 Å². The second kappa shape index (κ2) is 10.6. The lowest BCUT2D eigenvalue weighted by atomic mass is 10.1. The monoisotopic (exact) mass is 367 g/mol. The van der Waals surface area contributed by atoms with Crippen molar-refractivity contribution >= 4 is 11.5 Å². The van der Waals surface area contributed by atoms with Crippen LogP contribution in [-0.4, -0.2) is 22.5 Å². The van der Waals surface area contributed by atoms with Gasteiger partial charge in [-0.1, -0.05) is 46.6 Å². The van der Waals surface area contributed by atoms with E-state index in [4.69, 9.17) is 9.72 Å². The van der Waals surface area contributed by atoms with Gasteiger partial charge in [0.25, 0.3) is 0 Å². The van der Waals surface area contributed by atoms with E-state index in [1.54, 1.807) is 7.11 Å². The Labute approximate surface area is 163 Å². The fourth-order valence-corrected chi connectivity index (χ4v) is 3.11. The van der Waals surface area contributed by atoms with E-state index in [9.17, 15) is 0 Å². The molecule has 2 heterocycles. The maximum atomic E-state index is 5.28. The van der Waals surface area contributed by atoms with Crippen LogP contribution in [0.4, 0.5) is 5.82 Å². The summed E-state index contributed by atoms with van der Waals surface area (Å²) in [6.07, 6.45) is 6.80. The van der Waals surface area contributed by atoms with Crippen molar-refractivity contribution in [3.8, 4) is 17.0 Å². The van der Waals surface area contributed by atoms with Crippen LogP contribution in [0.5, 0.6) is 5.75 Å². The van der Waals surface area contributed by atoms with Gasteiger partial charge in [-0.2, -0.15) is 0 Å². The highest BCUT2D eigenvalue weighted by Gasteiger charge is 2.16. The van der Waals surface area contributed by atoms with E-state index >= 15 is 0 Å². The fourth-order valence-electron chi connectivity index (χ4n) is 3.11. The summed E-state index contributed by atoms with van der Waals surface area (Å²) in [5.74, 6) is 1.93. The molecule has 0 aliphatic rings. The number of ether oxygens (including phenoxy) is 1. The summed E-state index contributed by atoms with van der Waals surface area (Å²) >= 11 is 0. The summed E-state index contributed by atoms with van der Waals surface area (Å²) in [5, 5.41) is 3.75. The molecule has 3 rings (SSSR count). The third kappa shape index (κ3) is 5.03. The van der Waals surface area contributed by atoms with Crippen LogP contribution in [-0.2, 0) is 0 Å². The molecule has 1 atom stereocenters. The average Bonchev–Trinajstić information content (AvgIpc) is 3.11. The molecule has 146 valence electrons. The Morgan fingerprint density at radius 1 is 1.07 bits per heavy atom. The second-order valence-electron chi connectivity index (χ2n) is 6.36. The van der Waals surface area contributed by atoms with Crippen LogP contribution in [0.2, 0.25) is 0 Å². The van der Waals surface area contributed by atoms with Crippen molar-refractivity contribution in [2.45, 2.75) is 59.4 Å². The van der Waals surface area contributed by atoms with Crippen molar-refractivity contribution in [2.24, 2.45) is 0 Å². The molecule has 0 spiro atoms. The number of hydrogen-bond donors (Lipinski definition) is 1. The molecule has 0 fully saturated rings. The fraction of sp³-hybridized carbons (Fsp3) is 0.435. The van der Waals surface area contributed by atoms with Crippen LogP contribution in [0.15, 0.2) is 48.7 Å². The predicted molar refractivity (Wildman–Crippen MR) is 116 cm³/mol. The molecule has 1 N–H and O–H groups in total. The number of unbranched alkanes of at least 4 members (excludes halogenated alkanes) is 1. The molecule has 0 saturated heterocycles. The van der Waals surface area contributed by atoms with Gasteiger partial charge in [-0.25, -0.2) is 4.98 Å². The van der Waals surface area contributed by atoms with Gasteiger partial charge in [-0.15, -0.1) is 0 Å². The van der Waals surface area contributed by atoms with Crippen LogP contribution < -0.4 is 10.1 Å². The molecule has 0 saturated carbocycles. The predicted octanol–water partition coefficient (Wildman–Crippen LogP) is 6.42. The number of fused-ring (bicyclic) bond motifs is 1. The molecule has 0 aliphatic heterocycles. The minimum Gasteiger partial charge on any atom is -0.497 e. The summed E-state index contributed by atoms with van der Waals surface area (Å²) in [6, 6.07) is 14.7. The molecule has 1 unspecified atom stereocenters. The van der Waals surface area contributed by atoms with Gasteiger partial charge in [0.1, 0.15) is 22.9 Å². The number of rotatable bonds is 8. The number of nitrogens with one attached hydrogen (secondary N) is 1. The van der Waals surface area contributed by atoms with Crippen LogP contribution in [0.1, 0.15) is 53.4 Å². The number of imidazole rings is 1. The van der Waals surface area contributed by atoms with E-state index in [2.05, 4.69) is 41.9 Å². The minimum absolute atomic E-state index is 0.456. The molecule has 4 heteroatoms. The quantitative estimate of drug-likeness (QED) is 0.499. The van der Waals surface area contributed by atoms with Gasteiger partial charge in [0.15, 0.2) is 0 Å². The Kier molecular flexibility index (Phi) is 8.18. The molecule has 2 aromatic heterocycles. The Morgan fingerprint density at radius 3 is 2.44 bits per heavy atom. The maximum absolute atomic E-state index is 5.28. The van der Waals surface area contributed by atoms with Gasteiger partial charge >= 0.3 is 0 Å². The third-order valence-corrected chi connectivity index (χ3v) is 4.63. The van der Waals surface area contributed by atoms with Crippen LogP contribution in [0, 0.1) is 0 Å². The SMILES string of the molecule is CC.CCCCC(CC)Nc1c(-c2ccc(OC)cc2)nc2ccccn12. The summed E-state index contributed by atoms with van der Waals surface area (Å²) in [7, 11) is 1.69. The highest BCUT2D eigenvalue weighted by Crippen LogP contribution is 2.31. The van der Waals surface area contributed by atoms with E-state index in [1.807, 2.05) is 44.2 Å². The largest absolute Gasteiger partial charge is 0.497 e. The van der Waals surface area contributed by atoms with E-state index in [-0.39, 0.29) is 0 Å². The van der Waals surface area contributed by atoms with Crippen molar-refractivity contribution in [3.63, 3.8) is 0 Å². The molecule has 0 aliphatic carbocycles. The summed E-state index contributed by atoms with van der Waals surface area (Å²) in [5.41, 5.74) is 3.04. The van der Waals surface area contributed by atoms with Gasteiger partial charge in [0.05, 0.1) is 7.11 Å². The summed E-state index contributed by atoms with van der Waals surface area (Å²) in [4.78, 5) is 4.87. The van der Waals surface area contributed by atoms with E-state index in [0.29, 0.717) is 6.04 Å².